The summed E-state index contributed by atoms with van der Waals surface area (Å²) >= 11 is 0. The Balaban J connectivity index is 2.09. The molecular formula is C13H20O3. The molecule has 2 rings (SSSR count). The minimum Gasteiger partial charge on any atom is -0.368 e. The molecule has 1 aliphatic carbocycles. The number of fused-ring (bicyclic) bond motifs is 1. The van der Waals surface area contributed by atoms with Gasteiger partial charge in [0.2, 0.25) is 0 Å². The van der Waals surface area contributed by atoms with Crippen LogP contribution in [0.5, 0.6) is 0 Å². The van der Waals surface area contributed by atoms with Gasteiger partial charge in [0.1, 0.15) is 5.78 Å². The molecule has 90 valence electrons. The molecule has 0 spiro atoms. The predicted molar refractivity (Wildman–Crippen MR) is 60.8 cm³/mol. The van der Waals surface area contributed by atoms with E-state index in [1.165, 1.54) is 5.57 Å². The molecule has 0 bridgehead atoms. The van der Waals surface area contributed by atoms with Crippen molar-refractivity contribution in [1.82, 2.24) is 0 Å². The summed E-state index contributed by atoms with van der Waals surface area (Å²) in [6, 6.07) is 0. The maximum Gasteiger partial charge on any atom is 0.154 e. The Kier molecular flexibility index (Phi) is 3.77. The van der Waals surface area contributed by atoms with Crippen molar-refractivity contribution in [1.29, 1.82) is 0 Å². The number of aliphatic hydroxyl groups excluding tert-OH is 1. The second kappa shape index (κ2) is 5.11. The van der Waals surface area contributed by atoms with E-state index in [0.717, 1.165) is 19.3 Å². The van der Waals surface area contributed by atoms with Crippen LogP contribution in [0.2, 0.25) is 0 Å². The molecule has 0 aromatic rings. The van der Waals surface area contributed by atoms with Crippen molar-refractivity contribution in [3.05, 3.63) is 11.6 Å². The summed E-state index contributed by atoms with van der Waals surface area (Å²) < 4.78 is 5.20. The average Bonchev–Trinajstić information content (AvgIpc) is 2.31. The van der Waals surface area contributed by atoms with Gasteiger partial charge in [-0.25, -0.2) is 0 Å². The van der Waals surface area contributed by atoms with Crippen LogP contribution >= 0.6 is 0 Å². The summed E-state index contributed by atoms with van der Waals surface area (Å²) in [5, 5.41) is 9.48. The van der Waals surface area contributed by atoms with Crippen molar-refractivity contribution in [2.45, 2.75) is 45.3 Å². The van der Waals surface area contributed by atoms with Crippen LogP contribution in [0.25, 0.3) is 0 Å². The first-order valence-electron chi connectivity index (χ1n) is 6.15. The fraction of sp³-hybridized carbons (Fsp3) is 0.769. The van der Waals surface area contributed by atoms with Crippen LogP contribution in [0.1, 0.15) is 39.0 Å². The SMILES string of the molecule is C/C1=C\CCC(=O)[C@@H]2COC(O)C[C@H]2CC1. The highest BCUT2D eigenvalue weighted by atomic mass is 16.6. The molecule has 1 aliphatic heterocycles. The maximum absolute atomic E-state index is 12.0. The van der Waals surface area contributed by atoms with Crippen molar-refractivity contribution in [2.75, 3.05) is 6.61 Å². The molecule has 0 aromatic heterocycles. The zero-order valence-corrected chi connectivity index (χ0v) is 9.82. The Labute approximate surface area is 96.5 Å². The first-order valence-corrected chi connectivity index (χ1v) is 6.15. The average molecular weight is 224 g/mol. The van der Waals surface area contributed by atoms with Gasteiger partial charge in [0.25, 0.3) is 0 Å². The van der Waals surface area contributed by atoms with Gasteiger partial charge in [-0.15, -0.1) is 0 Å². The molecule has 16 heavy (non-hydrogen) atoms. The summed E-state index contributed by atoms with van der Waals surface area (Å²) in [4.78, 5) is 12.0. The summed E-state index contributed by atoms with van der Waals surface area (Å²) in [5.41, 5.74) is 1.37. The second-order valence-electron chi connectivity index (χ2n) is 4.98. The van der Waals surface area contributed by atoms with E-state index < -0.39 is 6.29 Å². The molecule has 1 N–H and O–H groups in total. The Morgan fingerprint density at radius 2 is 2.25 bits per heavy atom. The molecule has 0 amide bonds. The van der Waals surface area contributed by atoms with Crippen LogP contribution in [0.15, 0.2) is 11.6 Å². The minimum absolute atomic E-state index is 0.0164. The van der Waals surface area contributed by atoms with Gasteiger partial charge in [0.15, 0.2) is 6.29 Å². The third kappa shape index (κ3) is 2.71. The molecule has 1 fully saturated rings. The Hall–Kier alpha value is -0.670. The quantitative estimate of drug-likeness (QED) is 0.640. The molecule has 0 saturated carbocycles. The molecule has 3 atom stereocenters. The van der Waals surface area contributed by atoms with Crippen LogP contribution in [0.4, 0.5) is 0 Å². The normalized spacial score (nSPS) is 40.0. The van der Waals surface area contributed by atoms with Gasteiger partial charge in [-0.2, -0.15) is 0 Å². The van der Waals surface area contributed by atoms with Crippen LogP contribution in [0, 0.1) is 11.8 Å². The number of aliphatic hydroxyl groups is 1. The molecule has 0 aromatic carbocycles. The lowest BCUT2D eigenvalue weighted by molar-refractivity contribution is -0.167. The molecule has 3 nitrogen and oxygen atoms in total. The van der Waals surface area contributed by atoms with E-state index in [0.29, 0.717) is 31.1 Å². The van der Waals surface area contributed by atoms with E-state index in [1.54, 1.807) is 0 Å². The topological polar surface area (TPSA) is 46.5 Å². The number of ether oxygens (including phenoxy) is 1. The molecule has 1 heterocycles. The van der Waals surface area contributed by atoms with Gasteiger partial charge in [0.05, 0.1) is 6.61 Å². The third-order valence-corrected chi connectivity index (χ3v) is 3.75. The molecular weight excluding hydrogens is 204 g/mol. The molecule has 2 aliphatic rings. The highest BCUT2D eigenvalue weighted by Crippen LogP contribution is 2.32. The van der Waals surface area contributed by atoms with Crippen molar-refractivity contribution in [2.24, 2.45) is 11.8 Å². The summed E-state index contributed by atoms with van der Waals surface area (Å²) in [6.45, 7) is 2.53. The van der Waals surface area contributed by atoms with E-state index in [9.17, 15) is 9.90 Å². The fourth-order valence-electron chi connectivity index (χ4n) is 2.68. The van der Waals surface area contributed by atoms with E-state index >= 15 is 0 Å². The van der Waals surface area contributed by atoms with Crippen molar-refractivity contribution < 1.29 is 14.6 Å². The predicted octanol–water partition coefficient (Wildman–Crippen LogP) is 2.05. The van der Waals surface area contributed by atoms with Crippen LogP contribution in [-0.2, 0) is 9.53 Å². The molecule has 3 heteroatoms. The van der Waals surface area contributed by atoms with Crippen molar-refractivity contribution in [3.8, 4) is 0 Å². The Bertz CT molecular complexity index is 296. The van der Waals surface area contributed by atoms with Gasteiger partial charge in [-0.1, -0.05) is 11.6 Å². The number of ketones is 1. The monoisotopic (exact) mass is 224 g/mol. The first-order chi connectivity index (χ1) is 7.66. The first kappa shape index (κ1) is 11.8. The Morgan fingerprint density at radius 1 is 1.44 bits per heavy atom. The van der Waals surface area contributed by atoms with Crippen LogP contribution in [0.3, 0.4) is 0 Å². The van der Waals surface area contributed by atoms with Crippen molar-refractivity contribution >= 4 is 5.78 Å². The molecule has 1 unspecified atom stereocenters. The fourth-order valence-corrected chi connectivity index (χ4v) is 2.68. The maximum atomic E-state index is 12.0. The summed E-state index contributed by atoms with van der Waals surface area (Å²) in [7, 11) is 0. The highest BCUT2D eigenvalue weighted by Gasteiger charge is 2.34. The van der Waals surface area contributed by atoms with E-state index in [2.05, 4.69) is 13.0 Å². The standard InChI is InChI=1S/C13H20O3/c1-9-3-2-4-12(14)11-8-16-13(15)7-10(11)6-5-9/h3,10-11,13,15H,2,4-8H2,1H3/b9-3+/t10-,11-,13?/m1/s1. The largest absolute Gasteiger partial charge is 0.368 e. The number of Topliss-reactive ketones (excluding diaryl/α,β-unsaturated/α-hetero) is 1. The van der Waals surface area contributed by atoms with Crippen LogP contribution in [-0.4, -0.2) is 23.8 Å². The van der Waals surface area contributed by atoms with Gasteiger partial charge < -0.3 is 9.84 Å². The van der Waals surface area contributed by atoms with Crippen molar-refractivity contribution in [3.63, 3.8) is 0 Å². The highest BCUT2D eigenvalue weighted by molar-refractivity contribution is 5.81. The van der Waals surface area contributed by atoms with E-state index in [4.69, 9.17) is 4.74 Å². The lowest BCUT2D eigenvalue weighted by atomic mass is 9.81. The van der Waals surface area contributed by atoms with Gasteiger partial charge in [-0.05, 0) is 32.1 Å². The number of hydrogen-bond donors (Lipinski definition) is 1. The summed E-state index contributed by atoms with van der Waals surface area (Å²) in [5.74, 6) is 0.628. The van der Waals surface area contributed by atoms with Gasteiger partial charge in [0, 0.05) is 18.8 Å². The zero-order chi connectivity index (χ0) is 11.5. The number of carbonyl (C=O) groups is 1. The molecule has 1 saturated heterocycles. The molecule has 0 radical (unpaired) electrons. The smallest absolute Gasteiger partial charge is 0.154 e. The third-order valence-electron chi connectivity index (χ3n) is 3.75. The number of hydrogen-bond acceptors (Lipinski definition) is 3. The van der Waals surface area contributed by atoms with Gasteiger partial charge in [-0.3, -0.25) is 4.79 Å². The van der Waals surface area contributed by atoms with Gasteiger partial charge >= 0.3 is 0 Å². The summed E-state index contributed by atoms with van der Waals surface area (Å²) in [6.07, 6.45) is 5.64. The second-order valence-corrected chi connectivity index (χ2v) is 4.98. The van der Waals surface area contributed by atoms with Crippen LogP contribution < -0.4 is 0 Å². The van der Waals surface area contributed by atoms with E-state index in [-0.39, 0.29) is 5.92 Å². The van der Waals surface area contributed by atoms with E-state index in [1.807, 2.05) is 0 Å². The lowest BCUT2D eigenvalue weighted by Gasteiger charge is -2.33. The number of allylic oxidation sites excluding steroid dienone is 2. The lowest BCUT2D eigenvalue weighted by Crippen LogP contribution is -2.37. The Morgan fingerprint density at radius 3 is 3.06 bits per heavy atom. The zero-order valence-electron chi connectivity index (χ0n) is 9.82. The number of carbonyl (C=O) groups excluding carboxylic acids is 1. The number of rotatable bonds is 0. The minimum atomic E-state index is -0.668.